The maximum absolute atomic E-state index is 11.9. The second kappa shape index (κ2) is 7.10. The van der Waals surface area contributed by atoms with E-state index in [1.54, 1.807) is 6.07 Å². The highest BCUT2D eigenvalue weighted by Crippen LogP contribution is 2.25. The number of carboxylic acid groups (broad SMARTS) is 1. The lowest BCUT2D eigenvalue weighted by Crippen LogP contribution is -2.41. The Balaban J connectivity index is 2.82. The zero-order chi connectivity index (χ0) is 14.4. The summed E-state index contributed by atoms with van der Waals surface area (Å²) in [5.41, 5.74) is 0.303. The van der Waals surface area contributed by atoms with E-state index in [0.29, 0.717) is 15.8 Å². The number of methoxy groups -OCH3 is 1. The molecule has 19 heavy (non-hydrogen) atoms. The average molecular weight is 332 g/mol. The summed E-state index contributed by atoms with van der Waals surface area (Å²) in [6, 6.07) is 3.54. The van der Waals surface area contributed by atoms with Gasteiger partial charge in [0, 0.05) is 18.6 Å². The van der Waals surface area contributed by atoms with Crippen molar-refractivity contribution < 1.29 is 24.5 Å². The second-order valence-electron chi connectivity index (χ2n) is 3.73. The van der Waals surface area contributed by atoms with Gasteiger partial charge in [0.1, 0.15) is 11.8 Å². The predicted octanol–water partition coefficient (Wildman–Crippen LogP) is 1.02. The van der Waals surface area contributed by atoms with Crippen LogP contribution in [0.25, 0.3) is 0 Å². The van der Waals surface area contributed by atoms with Crippen LogP contribution in [0.5, 0.6) is 5.75 Å². The number of rotatable bonds is 6. The van der Waals surface area contributed by atoms with Crippen molar-refractivity contribution in [3.8, 4) is 5.75 Å². The van der Waals surface area contributed by atoms with Crippen LogP contribution < -0.4 is 10.1 Å². The average Bonchev–Trinajstić information content (AvgIpc) is 2.37. The Morgan fingerprint density at radius 3 is 2.63 bits per heavy atom. The summed E-state index contributed by atoms with van der Waals surface area (Å²) in [5, 5.41) is 20.0. The van der Waals surface area contributed by atoms with E-state index in [-0.39, 0.29) is 13.0 Å². The highest BCUT2D eigenvalue weighted by atomic mass is 79.9. The van der Waals surface area contributed by atoms with E-state index in [1.807, 2.05) is 0 Å². The molecule has 7 heteroatoms. The van der Waals surface area contributed by atoms with Crippen LogP contribution in [0.2, 0.25) is 0 Å². The lowest BCUT2D eigenvalue weighted by atomic mass is 10.1. The molecule has 1 rings (SSSR count). The number of aliphatic carboxylic acids is 1. The van der Waals surface area contributed by atoms with Crippen molar-refractivity contribution in [3.05, 3.63) is 28.2 Å². The van der Waals surface area contributed by atoms with Gasteiger partial charge in [0.25, 0.3) is 5.91 Å². The number of carboxylic acids is 1. The number of hydrogen-bond acceptors (Lipinski definition) is 4. The number of aliphatic hydroxyl groups excluding tert-OH is 1. The SMILES string of the molecule is COc1ccc(C(=O)N[C@@H](CCO)C(=O)O)cc1Br. The van der Waals surface area contributed by atoms with Gasteiger partial charge in [-0.15, -0.1) is 0 Å². The van der Waals surface area contributed by atoms with Crippen molar-refractivity contribution in [1.82, 2.24) is 5.32 Å². The van der Waals surface area contributed by atoms with Crippen molar-refractivity contribution in [2.75, 3.05) is 13.7 Å². The summed E-state index contributed by atoms with van der Waals surface area (Å²) in [4.78, 5) is 22.7. The van der Waals surface area contributed by atoms with Gasteiger partial charge in [-0.05, 0) is 34.1 Å². The summed E-state index contributed by atoms with van der Waals surface area (Å²) in [6.45, 7) is -0.316. The molecule has 0 aliphatic carbocycles. The monoisotopic (exact) mass is 331 g/mol. The zero-order valence-electron chi connectivity index (χ0n) is 10.2. The first kappa shape index (κ1) is 15.5. The maximum atomic E-state index is 11.9. The number of amides is 1. The number of halogens is 1. The topological polar surface area (TPSA) is 95.9 Å². The molecule has 0 aliphatic rings. The molecule has 0 saturated carbocycles. The molecule has 6 nitrogen and oxygen atoms in total. The molecule has 0 aromatic heterocycles. The summed E-state index contributed by atoms with van der Waals surface area (Å²) in [6.07, 6.45) is -0.0433. The fourth-order valence-corrected chi connectivity index (χ4v) is 1.98. The van der Waals surface area contributed by atoms with Crippen LogP contribution in [0.1, 0.15) is 16.8 Å². The first-order valence-electron chi connectivity index (χ1n) is 5.47. The third kappa shape index (κ3) is 4.22. The molecule has 0 aliphatic heterocycles. The Morgan fingerprint density at radius 1 is 1.47 bits per heavy atom. The molecule has 0 spiro atoms. The van der Waals surface area contributed by atoms with Crippen LogP contribution in [0, 0.1) is 0 Å². The molecule has 1 amide bonds. The number of hydrogen-bond donors (Lipinski definition) is 3. The third-order valence-electron chi connectivity index (χ3n) is 2.44. The second-order valence-corrected chi connectivity index (χ2v) is 4.58. The van der Waals surface area contributed by atoms with Gasteiger partial charge in [-0.25, -0.2) is 4.79 Å². The van der Waals surface area contributed by atoms with Crippen LogP contribution in [0.3, 0.4) is 0 Å². The first-order chi connectivity index (χ1) is 8.99. The predicted molar refractivity (Wildman–Crippen MR) is 71.3 cm³/mol. The Labute approximate surface area is 118 Å². The van der Waals surface area contributed by atoms with Crippen LogP contribution in [0.15, 0.2) is 22.7 Å². The lowest BCUT2D eigenvalue weighted by molar-refractivity contribution is -0.139. The molecule has 0 radical (unpaired) electrons. The Bertz CT molecular complexity index is 477. The van der Waals surface area contributed by atoms with Crippen molar-refractivity contribution in [3.63, 3.8) is 0 Å². The van der Waals surface area contributed by atoms with Gasteiger partial charge in [0.05, 0.1) is 11.6 Å². The Morgan fingerprint density at radius 2 is 2.16 bits per heavy atom. The summed E-state index contributed by atoms with van der Waals surface area (Å²) < 4.78 is 5.63. The Hall–Kier alpha value is -1.60. The minimum Gasteiger partial charge on any atom is -0.496 e. The minimum atomic E-state index is -1.19. The maximum Gasteiger partial charge on any atom is 0.326 e. The van der Waals surface area contributed by atoms with Crippen molar-refractivity contribution >= 4 is 27.8 Å². The van der Waals surface area contributed by atoms with Gasteiger partial charge in [-0.3, -0.25) is 4.79 Å². The van der Waals surface area contributed by atoms with Gasteiger partial charge < -0.3 is 20.3 Å². The first-order valence-corrected chi connectivity index (χ1v) is 6.27. The van der Waals surface area contributed by atoms with Crippen molar-refractivity contribution in [1.29, 1.82) is 0 Å². The van der Waals surface area contributed by atoms with Gasteiger partial charge in [0.2, 0.25) is 0 Å². The summed E-state index contributed by atoms with van der Waals surface area (Å²) in [5.74, 6) is -1.14. The summed E-state index contributed by atoms with van der Waals surface area (Å²) >= 11 is 3.24. The fraction of sp³-hybridized carbons (Fsp3) is 0.333. The molecule has 0 heterocycles. The number of benzene rings is 1. The van der Waals surface area contributed by atoms with Crippen LogP contribution in [0.4, 0.5) is 0 Å². The van der Waals surface area contributed by atoms with E-state index in [2.05, 4.69) is 21.2 Å². The van der Waals surface area contributed by atoms with Crippen molar-refractivity contribution in [2.45, 2.75) is 12.5 Å². The number of carbonyl (C=O) groups excluding carboxylic acids is 1. The molecule has 1 atom stereocenters. The van der Waals surface area contributed by atoms with Gasteiger partial charge >= 0.3 is 5.97 Å². The molecular weight excluding hydrogens is 318 g/mol. The smallest absolute Gasteiger partial charge is 0.326 e. The highest BCUT2D eigenvalue weighted by molar-refractivity contribution is 9.10. The standard InChI is InChI=1S/C12H14BrNO5/c1-19-10-3-2-7(6-8(10)13)11(16)14-9(4-5-15)12(17)18/h2-3,6,9,15H,4-5H2,1H3,(H,14,16)(H,17,18)/t9-/m0/s1. The molecule has 3 N–H and O–H groups in total. The molecule has 1 aromatic carbocycles. The molecule has 104 valence electrons. The normalized spacial score (nSPS) is 11.7. The molecule has 0 saturated heterocycles. The van der Waals surface area contributed by atoms with E-state index in [9.17, 15) is 9.59 Å². The van der Waals surface area contributed by atoms with Gasteiger partial charge in [-0.2, -0.15) is 0 Å². The number of aliphatic hydroxyl groups is 1. The third-order valence-corrected chi connectivity index (χ3v) is 3.05. The largest absolute Gasteiger partial charge is 0.496 e. The number of nitrogens with one attached hydrogen (secondary N) is 1. The number of carbonyl (C=O) groups is 2. The quantitative estimate of drug-likeness (QED) is 0.723. The van der Waals surface area contributed by atoms with Crippen LogP contribution in [-0.2, 0) is 4.79 Å². The number of ether oxygens (including phenoxy) is 1. The zero-order valence-corrected chi connectivity index (χ0v) is 11.8. The Kier molecular flexibility index (Phi) is 5.78. The molecular formula is C12H14BrNO5. The minimum absolute atomic E-state index is 0.0433. The van der Waals surface area contributed by atoms with E-state index in [1.165, 1.54) is 19.2 Å². The molecule has 1 aromatic rings. The van der Waals surface area contributed by atoms with E-state index in [0.717, 1.165) is 0 Å². The fourth-order valence-electron chi connectivity index (χ4n) is 1.44. The molecule has 0 fully saturated rings. The van der Waals surface area contributed by atoms with Crippen molar-refractivity contribution in [2.24, 2.45) is 0 Å². The summed E-state index contributed by atoms with van der Waals surface area (Å²) in [7, 11) is 1.50. The van der Waals surface area contributed by atoms with E-state index < -0.39 is 17.9 Å². The molecule has 0 bridgehead atoms. The van der Waals surface area contributed by atoms with E-state index in [4.69, 9.17) is 14.9 Å². The highest BCUT2D eigenvalue weighted by Gasteiger charge is 2.20. The van der Waals surface area contributed by atoms with Crippen LogP contribution >= 0.6 is 15.9 Å². The van der Waals surface area contributed by atoms with Crippen LogP contribution in [-0.4, -0.2) is 41.8 Å². The molecule has 0 unspecified atom stereocenters. The van der Waals surface area contributed by atoms with Gasteiger partial charge in [0.15, 0.2) is 0 Å². The van der Waals surface area contributed by atoms with E-state index >= 15 is 0 Å². The van der Waals surface area contributed by atoms with Gasteiger partial charge in [-0.1, -0.05) is 0 Å². The lowest BCUT2D eigenvalue weighted by Gasteiger charge is -2.13.